The van der Waals surface area contributed by atoms with Crippen molar-refractivity contribution in [1.29, 1.82) is 0 Å². The summed E-state index contributed by atoms with van der Waals surface area (Å²) in [5.41, 5.74) is 0.991. The van der Waals surface area contributed by atoms with Gasteiger partial charge < -0.3 is 20.1 Å². The minimum absolute atomic E-state index is 0.00597. The average Bonchev–Trinajstić information content (AvgIpc) is 3.23. The molecule has 2 aromatic rings. The smallest absolute Gasteiger partial charge is 0.262 e. The monoisotopic (exact) mass is 356 g/mol. The molecule has 8 nitrogen and oxygen atoms in total. The van der Waals surface area contributed by atoms with Crippen molar-refractivity contribution in [3.8, 4) is 11.5 Å². The zero-order chi connectivity index (χ0) is 18.1. The normalized spacial score (nSPS) is 21.5. The third-order valence-electron chi connectivity index (χ3n) is 4.61. The van der Waals surface area contributed by atoms with Crippen molar-refractivity contribution in [2.45, 2.75) is 31.4 Å². The van der Waals surface area contributed by atoms with E-state index in [1.807, 2.05) is 13.2 Å². The number of amides is 2. The number of carbonyl (C=O) groups is 2. The number of aryl methyl sites for hydroxylation is 1. The fraction of sp³-hybridized carbons (Fsp3) is 0.389. The van der Waals surface area contributed by atoms with Crippen LogP contribution in [0.2, 0.25) is 0 Å². The van der Waals surface area contributed by atoms with Gasteiger partial charge in [0.1, 0.15) is 11.9 Å². The van der Waals surface area contributed by atoms with Crippen molar-refractivity contribution in [3.63, 3.8) is 0 Å². The van der Waals surface area contributed by atoms with Crippen LogP contribution >= 0.6 is 0 Å². The van der Waals surface area contributed by atoms with Gasteiger partial charge in [-0.25, -0.2) is 0 Å². The van der Waals surface area contributed by atoms with E-state index < -0.39 is 0 Å². The number of anilines is 1. The first-order valence-electron chi connectivity index (χ1n) is 8.61. The van der Waals surface area contributed by atoms with E-state index in [0.717, 1.165) is 19.3 Å². The van der Waals surface area contributed by atoms with Crippen molar-refractivity contribution in [2.24, 2.45) is 7.05 Å². The lowest BCUT2D eigenvalue weighted by molar-refractivity contribution is -0.118. The van der Waals surface area contributed by atoms with Crippen molar-refractivity contribution < 1.29 is 19.1 Å². The molecule has 1 aromatic carbocycles. The molecule has 2 N–H and O–H groups in total. The molecule has 8 heteroatoms. The first-order valence-corrected chi connectivity index (χ1v) is 8.61. The Morgan fingerprint density at radius 2 is 2.31 bits per heavy atom. The highest BCUT2D eigenvalue weighted by molar-refractivity contribution is 5.99. The molecule has 2 amide bonds. The topological polar surface area (TPSA) is 94.5 Å². The molecule has 0 spiro atoms. The Hall–Kier alpha value is -3.03. The number of fused-ring (bicyclic) bond motifs is 1. The third-order valence-corrected chi connectivity index (χ3v) is 4.61. The third kappa shape index (κ3) is 3.35. The molecule has 2 aliphatic rings. The molecule has 2 atom stereocenters. The van der Waals surface area contributed by atoms with Crippen LogP contribution in [0.25, 0.3) is 0 Å². The van der Waals surface area contributed by atoms with Crippen LogP contribution in [0.5, 0.6) is 11.5 Å². The predicted molar refractivity (Wildman–Crippen MR) is 93.3 cm³/mol. The maximum atomic E-state index is 12.6. The number of carbonyl (C=O) groups excluding carboxylic acids is 2. The standard InChI is InChI=1S/C18H20N4O4/c1-22-9-12(8-19-22)26-16-4-2-3-13(16)21-18(24)11-5-6-15-14(7-11)20-17(23)10-25-15/h5-9,13,16H,2-4,10H2,1H3,(H,20,23)(H,21,24)/t13-,16+/m0/s1. The molecule has 0 radical (unpaired) electrons. The van der Waals surface area contributed by atoms with E-state index in [-0.39, 0.29) is 30.6 Å². The van der Waals surface area contributed by atoms with Crippen molar-refractivity contribution in [3.05, 3.63) is 36.2 Å². The van der Waals surface area contributed by atoms with Crippen LogP contribution in [-0.2, 0) is 11.8 Å². The minimum atomic E-state index is -0.226. The summed E-state index contributed by atoms with van der Waals surface area (Å²) >= 11 is 0. The Bertz CT molecular complexity index is 847. The summed E-state index contributed by atoms with van der Waals surface area (Å²) in [6.45, 7) is -0.00597. The summed E-state index contributed by atoms with van der Waals surface area (Å²) in [4.78, 5) is 24.1. The number of hydrogen-bond acceptors (Lipinski definition) is 5. The van der Waals surface area contributed by atoms with Gasteiger partial charge in [-0.1, -0.05) is 0 Å². The first-order chi connectivity index (χ1) is 12.6. The molecule has 1 fully saturated rings. The molecular formula is C18H20N4O4. The Morgan fingerprint density at radius 3 is 3.12 bits per heavy atom. The molecular weight excluding hydrogens is 336 g/mol. The largest absolute Gasteiger partial charge is 0.485 e. The SMILES string of the molecule is Cn1cc(O[C@@H]2CCC[C@@H]2NC(=O)c2ccc3c(c2)NC(=O)CO3)cn1. The van der Waals surface area contributed by atoms with Crippen molar-refractivity contribution in [1.82, 2.24) is 15.1 Å². The van der Waals surface area contributed by atoms with E-state index in [4.69, 9.17) is 9.47 Å². The quantitative estimate of drug-likeness (QED) is 0.865. The molecule has 136 valence electrons. The van der Waals surface area contributed by atoms with Gasteiger partial charge in [-0.2, -0.15) is 5.10 Å². The Morgan fingerprint density at radius 1 is 1.42 bits per heavy atom. The maximum absolute atomic E-state index is 12.6. The highest BCUT2D eigenvalue weighted by Gasteiger charge is 2.31. The summed E-state index contributed by atoms with van der Waals surface area (Å²) < 4.78 is 13.0. The van der Waals surface area contributed by atoms with E-state index in [9.17, 15) is 9.59 Å². The number of ether oxygens (including phenoxy) is 2. The van der Waals surface area contributed by atoms with E-state index in [1.165, 1.54) is 0 Å². The molecule has 1 aliphatic carbocycles. The molecule has 2 heterocycles. The zero-order valence-electron chi connectivity index (χ0n) is 14.4. The molecule has 0 bridgehead atoms. The van der Waals surface area contributed by atoms with Gasteiger partial charge in [-0.05, 0) is 37.5 Å². The molecule has 4 rings (SSSR count). The lowest BCUT2D eigenvalue weighted by Gasteiger charge is -2.22. The van der Waals surface area contributed by atoms with Gasteiger partial charge in [-0.3, -0.25) is 14.3 Å². The van der Waals surface area contributed by atoms with Crippen LogP contribution < -0.4 is 20.1 Å². The molecule has 1 saturated carbocycles. The van der Waals surface area contributed by atoms with Gasteiger partial charge >= 0.3 is 0 Å². The second-order valence-electron chi connectivity index (χ2n) is 6.56. The van der Waals surface area contributed by atoms with Crippen LogP contribution in [0.1, 0.15) is 29.6 Å². The number of rotatable bonds is 4. The van der Waals surface area contributed by atoms with Gasteiger partial charge in [-0.15, -0.1) is 0 Å². The highest BCUT2D eigenvalue weighted by atomic mass is 16.5. The average molecular weight is 356 g/mol. The number of nitrogens with zero attached hydrogens (tertiary/aromatic N) is 2. The summed E-state index contributed by atoms with van der Waals surface area (Å²) in [5, 5.41) is 9.86. The summed E-state index contributed by atoms with van der Waals surface area (Å²) in [7, 11) is 1.83. The summed E-state index contributed by atoms with van der Waals surface area (Å²) in [6.07, 6.45) is 6.13. The van der Waals surface area contributed by atoms with Crippen LogP contribution in [0, 0.1) is 0 Å². The van der Waals surface area contributed by atoms with Gasteiger partial charge in [0, 0.05) is 12.6 Å². The van der Waals surface area contributed by atoms with Crippen LogP contribution in [0.3, 0.4) is 0 Å². The van der Waals surface area contributed by atoms with Crippen molar-refractivity contribution in [2.75, 3.05) is 11.9 Å². The first kappa shape index (κ1) is 16.4. The molecule has 26 heavy (non-hydrogen) atoms. The van der Waals surface area contributed by atoms with E-state index in [1.54, 1.807) is 29.1 Å². The molecule has 0 unspecified atom stereocenters. The fourth-order valence-corrected chi connectivity index (χ4v) is 3.34. The Labute approximate surface area is 150 Å². The number of hydrogen-bond donors (Lipinski definition) is 2. The van der Waals surface area contributed by atoms with E-state index >= 15 is 0 Å². The Kier molecular flexibility index (Phi) is 4.24. The van der Waals surface area contributed by atoms with Crippen molar-refractivity contribution >= 4 is 17.5 Å². The fourth-order valence-electron chi connectivity index (χ4n) is 3.34. The van der Waals surface area contributed by atoms with Gasteiger partial charge in [0.15, 0.2) is 12.4 Å². The molecule has 0 saturated heterocycles. The van der Waals surface area contributed by atoms with E-state index in [2.05, 4.69) is 15.7 Å². The summed E-state index contributed by atoms with van der Waals surface area (Å²) in [5.74, 6) is 0.849. The van der Waals surface area contributed by atoms with E-state index in [0.29, 0.717) is 22.7 Å². The van der Waals surface area contributed by atoms with Crippen LogP contribution in [0.15, 0.2) is 30.6 Å². The zero-order valence-corrected chi connectivity index (χ0v) is 14.4. The second kappa shape index (κ2) is 6.70. The van der Waals surface area contributed by atoms with Crippen LogP contribution in [-0.4, -0.2) is 40.3 Å². The number of nitrogens with one attached hydrogen (secondary N) is 2. The lowest BCUT2D eigenvalue weighted by Crippen LogP contribution is -2.42. The minimum Gasteiger partial charge on any atom is -0.485 e. The van der Waals surface area contributed by atoms with Gasteiger partial charge in [0.25, 0.3) is 11.8 Å². The highest BCUT2D eigenvalue weighted by Crippen LogP contribution is 2.29. The van der Waals surface area contributed by atoms with Gasteiger partial charge in [0.05, 0.1) is 24.1 Å². The summed E-state index contributed by atoms with van der Waals surface area (Å²) in [6, 6.07) is 4.96. The number of aromatic nitrogens is 2. The van der Waals surface area contributed by atoms with Gasteiger partial charge in [0.2, 0.25) is 0 Å². The second-order valence-corrected chi connectivity index (χ2v) is 6.56. The Balaban J connectivity index is 1.43. The predicted octanol–water partition coefficient (Wildman–Crippen LogP) is 1.48. The maximum Gasteiger partial charge on any atom is 0.262 e. The van der Waals surface area contributed by atoms with Crippen LogP contribution in [0.4, 0.5) is 5.69 Å². The molecule has 1 aliphatic heterocycles. The molecule has 1 aromatic heterocycles. The lowest BCUT2D eigenvalue weighted by atomic mass is 10.1. The number of benzene rings is 1.